The highest BCUT2D eigenvalue weighted by atomic mass is 35.5. The second-order valence-corrected chi connectivity index (χ2v) is 7.55. The zero-order valence-corrected chi connectivity index (χ0v) is 22.7. The second-order valence-electron chi connectivity index (χ2n) is 7.17. The Morgan fingerprint density at radius 3 is 0.944 bits per heavy atom. The van der Waals surface area contributed by atoms with Crippen LogP contribution < -0.4 is 0 Å². The smallest absolute Gasteiger partial charge is 0.305 e. The normalized spacial score (nSPS) is 11.3. The van der Waals surface area contributed by atoms with Crippen LogP contribution in [0.15, 0.2) is 0 Å². The van der Waals surface area contributed by atoms with Crippen molar-refractivity contribution in [3.8, 4) is 0 Å². The van der Waals surface area contributed by atoms with Crippen LogP contribution in [-0.4, -0.2) is 137 Å². The second kappa shape index (κ2) is 32.4. The van der Waals surface area contributed by atoms with Gasteiger partial charge in [-0.25, -0.2) is 0 Å². The molecular formula is C24H47ClO11. The van der Waals surface area contributed by atoms with Crippen LogP contribution in [0.4, 0.5) is 0 Å². The maximum atomic E-state index is 11.1. The van der Waals surface area contributed by atoms with E-state index in [0.29, 0.717) is 131 Å². The fourth-order valence-corrected chi connectivity index (χ4v) is 2.52. The van der Waals surface area contributed by atoms with Crippen LogP contribution in [0.25, 0.3) is 0 Å². The molecule has 0 aliphatic carbocycles. The van der Waals surface area contributed by atoms with Gasteiger partial charge in [-0.15, -0.1) is 11.6 Å². The van der Waals surface area contributed by atoms with Crippen LogP contribution >= 0.6 is 11.6 Å². The third-order valence-electron chi connectivity index (χ3n) is 4.14. The van der Waals surface area contributed by atoms with Crippen molar-refractivity contribution in [2.75, 3.05) is 131 Å². The third-order valence-corrected chi connectivity index (χ3v) is 4.30. The molecule has 0 N–H and O–H groups in total. The van der Waals surface area contributed by atoms with Gasteiger partial charge in [0, 0.05) is 12.3 Å². The van der Waals surface area contributed by atoms with Gasteiger partial charge in [-0.1, -0.05) is 6.92 Å². The number of halogens is 1. The Kier molecular flexibility index (Phi) is 31.9. The third kappa shape index (κ3) is 31.4. The topological polar surface area (TPSA) is 109 Å². The highest BCUT2D eigenvalue weighted by Gasteiger charge is 2.00. The van der Waals surface area contributed by atoms with Crippen molar-refractivity contribution in [1.29, 1.82) is 0 Å². The van der Waals surface area contributed by atoms with Crippen molar-refractivity contribution >= 4 is 17.6 Å². The maximum absolute atomic E-state index is 11.1. The molecule has 216 valence electrons. The van der Waals surface area contributed by atoms with Gasteiger partial charge >= 0.3 is 5.97 Å². The maximum Gasteiger partial charge on any atom is 0.305 e. The number of ether oxygens (including phenoxy) is 10. The van der Waals surface area contributed by atoms with E-state index < -0.39 is 0 Å². The fraction of sp³-hybridized carbons (Fsp3) is 0.958. The molecule has 0 bridgehead atoms. The molecule has 36 heavy (non-hydrogen) atoms. The first-order valence-corrected chi connectivity index (χ1v) is 13.3. The van der Waals surface area contributed by atoms with Crippen LogP contribution in [0.3, 0.4) is 0 Å². The summed E-state index contributed by atoms with van der Waals surface area (Å²) in [6, 6.07) is 0. The van der Waals surface area contributed by atoms with Gasteiger partial charge in [0.15, 0.2) is 0 Å². The molecule has 0 amide bonds. The minimum absolute atomic E-state index is 0.187. The van der Waals surface area contributed by atoms with Gasteiger partial charge in [-0.2, -0.15) is 0 Å². The number of carbonyl (C=O) groups excluding carboxylic acids is 1. The van der Waals surface area contributed by atoms with Crippen molar-refractivity contribution in [2.45, 2.75) is 19.8 Å². The molecule has 0 saturated carbocycles. The van der Waals surface area contributed by atoms with Crippen LogP contribution in [0.2, 0.25) is 0 Å². The number of hydrogen-bond acceptors (Lipinski definition) is 11. The summed E-state index contributed by atoms with van der Waals surface area (Å²) >= 11 is 5.50. The molecular weight excluding hydrogens is 500 g/mol. The van der Waals surface area contributed by atoms with E-state index in [1.165, 1.54) is 0 Å². The van der Waals surface area contributed by atoms with Crippen molar-refractivity contribution in [1.82, 2.24) is 0 Å². The molecule has 0 saturated heterocycles. The quantitative estimate of drug-likeness (QED) is 0.0720. The first-order valence-electron chi connectivity index (χ1n) is 12.7. The molecule has 0 rings (SSSR count). The fourth-order valence-electron chi connectivity index (χ4n) is 2.41. The van der Waals surface area contributed by atoms with Crippen LogP contribution in [0, 0.1) is 0 Å². The van der Waals surface area contributed by atoms with E-state index in [9.17, 15) is 4.79 Å². The Morgan fingerprint density at radius 2 is 0.694 bits per heavy atom. The summed E-state index contributed by atoms with van der Waals surface area (Å²) in [5.41, 5.74) is 0. The van der Waals surface area contributed by atoms with Crippen molar-refractivity contribution in [2.24, 2.45) is 0 Å². The molecule has 0 spiro atoms. The summed E-state index contributed by atoms with van der Waals surface area (Å²) < 4.78 is 53.3. The van der Waals surface area contributed by atoms with Crippen LogP contribution in [0.1, 0.15) is 19.8 Å². The standard InChI is InChI=1S/C24H47ClO11/c1-2-3-24(26)36-23-22-35-21-20-34-19-18-33-17-16-32-15-14-31-13-12-30-11-10-29-9-8-28-7-6-27-5-4-25/h2-23H2,1H3. The average Bonchev–Trinajstić information content (AvgIpc) is 2.88. The molecule has 0 aliphatic heterocycles. The SMILES string of the molecule is CCCC(=O)OCCOCCOCCOCCOCCOCCOCCOCCOCCOCCCl. The Balaban J connectivity index is 3.04. The summed E-state index contributed by atoms with van der Waals surface area (Å²) in [7, 11) is 0. The average molecular weight is 547 g/mol. The van der Waals surface area contributed by atoms with E-state index in [-0.39, 0.29) is 12.6 Å². The Hall–Kier alpha value is -0.600. The van der Waals surface area contributed by atoms with Crippen molar-refractivity contribution in [3.63, 3.8) is 0 Å². The first-order chi connectivity index (χ1) is 17.8. The van der Waals surface area contributed by atoms with E-state index in [0.717, 1.165) is 6.42 Å². The molecule has 11 nitrogen and oxygen atoms in total. The number of rotatable bonds is 31. The van der Waals surface area contributed by atoms with Crippen LogP contribution in [0.5, 0.6) is 0 Å². The highest BCUT2D eigenvalue weighted by molar-refractivity contribution is 6.17. The molecule has 0 aliphatic rings. The van der Waals surface area contributed by atoms with Gasteiger partial charge in [0.1, 0.15) is 6.61 Å². The molecule has 0 radical (unpaired) electrons. The Morgan fingerprint density at radius 1 is 0.444 bits per heavy atom. The van der Waals surface area contributed by atoms with Gasteiger partial charge in [-0.05, 0) is 6.42 Å². The van der Waals surface area contributed by atoms with Crippen molar-refractivity contribution in [3.05, 3.63) is 0 Å². The molecule has 0 aromatic carbocycles. The van der Waals surface area contributed by atoms with Gasteiger partial charge < -0.3 is 47.4 Å². The lowest BCUT2D eigenvalue weighted by molar-refractivity contribution is -0.145. The zero-order valence-electron chi connectivity index (χ0n) is 21.9. The lowest BCUT2D eigenvalue weighted by atomic mass is 10.3. The number of hydrogen-bond donors (Lipinski definition) is 0. The molecule has 0 fully saturated rings. The summed E-state index contributed by atoms with van der Waals surface area (Å²) in [5.74, 6) is 0.310. The minimum atomic E-state index is -0.187. The number of carbonyl (C=O) groups is 1. The molecule has 0 aromatic rings. The molecule has 0 heterocycles. The van der Waals surface area contributed by atoms with Gasteiger partial charge in [0.2, 0.25) is 0 Å². The predicted molar refractivity (Wildman–Crippen MR) is 134 cm³/mol. The first kappa shape index (κ1) is 35.4. The summed E-state index contributed by atoms with van der Waals surface area (Å²) in [6.07, 6.45) is 1.23. The van der Waals surface area contributed by atoms with E-state index >= 15 is 0 Å². The number of alkyl halides is 1. The largest absolute Gasteiger partial charge is 0.463 e. The summed E-state index contributed by atoms with van der Waals surface area (Å²) in [6.45, 7) is 11.3. The zero-order chi connectivity index (χ0) is 26.2. The summed E-state index contributed by atoms with van der Waals surface area (Å²) in [4.78, 5) is 11.1. The van der Waals surface area contributed by atoms with Gasteiger partial charge in [0.05, 0.1) is 119 Å². The molecule has 12 heteroatoms. The lowest BCUT2D eigenvalue weighted by Crippen LogP contribution is -2.15. The molecule has 0 aromatic heterocycles. The van der Waals surface area contributed by atoms with Gasteiger partial charge in [-0.3, -0.25) is 4.79 Å². The summed E-state index contributed by atoms with van der Waals surface area (Å²) in [5, 5.41) is 0. The molecule has 0 atom stereocenters. The molecule has 0 unspecified atom stereocenters. The van der Waals surface area contributed by atoms with E-state index in [2.05, 4.69) is 0 Å². The highest BCUT2D eigenvalue weighted by Crippen LogP contribution is 1.91. The Labute approximate surface area is 221 Å². The minimum Gasteiger partial charge on any atom is -0.463 e. The lowest BCUT2D eigenvalue weighted by Gasteiger charge is -2.09. The Bertz CT molecular complexity index is 433. The monoisotopic (exact) mass is 546 g/mol. The van der Waals surface area contributed by atoms with Crippen LogP contribution in [-0.2, 0) is 52.2 Å². The van der Waals surface area contributed by atoms with E-state index in [1.54, 1.807) is 0 Å². The predicted octanol–water partition coefficient (Wildman–Crippen LogP) is 1.72. The van der Waals surface area contributed by atoms with E-state index in [4.69, 9.17) is 59.0 Å². The van der Waals surface area contributed by atoms with Gasteiger partial charge in [0.25, 0.3) is 0 Å². The van der Waals surface area contributed by atoms with E-state index in [1.807, 2.05) is 6.92 Å². The number of esters is 1. The van der Waals surface area contributed by atoms with Crippen molar-refractivity contribution < 1.29 is 52.2 Å².